The predicted molar refractivity (Wildman–Crippen MR) is 96.2 cm³/mol. The molecular formula is C19H17N3O3. The lowest BCUT2D eigenvalue weighted by Gasteiger charge is -2.08. The van der Waals surface area contributed by atoms with Crippen molar-refractivity contribution in [2.75, 3.05) is 7.11 Å². The number of phenolic OH excluding ortho intramolecular Hbond substituents is 1. The number of amides is 1. The summed E-state index contributed by atoms with van der Waals surface area (Å²) in [4.78, 5) is 17.0. The molecule has 0 saturated heterocycles. The molecule has 2 aromatic carbocycles. The molecule has 1 aromatic heterocycles. The van der Waals surface area contributed by atoms with Crippen molar-refractivity contribution >= 4 is 23.0 Å². The summed E-state index contributed by atoms with van der Waals surface area (Å²) in [7, 11) is 1.57. The highest BCUT2D eigenvalue weighted by Gasteiger charge is 2.12. The molecule has 6 heteroatoms. The van der Waals surface area contributed by atoms with E-state index in [1.54, 1.807) is 49.6 Å². The Bertz CT molecular complexity index is 950. The Balaban J connectivity index is 1.87. The molecule has 0 unspecified atom stereocenters. The monoisotopic (exact) mass is 335 g/mol. The van der Waals surface area contributed by atoms with Gasteiger partial charge in [-0.2, -0.15) is 5.10 Å². The minimum absolute atomic E-state index is 0.175. The number of fused-ring (bicyclic) bond motifs is 1. The fourth-order valence-corrected chi connectivity index (χ4v) is 2.44. The lowest BCUT2D eigenvalue weighted by atomic mass is 10.1. The van der Waals surface area contributed by atoms with Crippen LogP contribution in [0.5, 0.6) is 11.5 Å². The smallest absolute Gasteiger partial charge is 0.272 e. The molecule has 0 aliphatic heterocycles. The number of phenols is 1. The van der Waals surface area contributed by atoms with Crippen molar-refractivity contribution in [2.24, 2.45) is 5.10 Å². The quantitative estimate of drug-likeness (QED) is 0.567. The summed E-state index contributed by atoms with van der Waals surface area (Å²) >= 11 is 0. The second-order valence-corrected chi connectivity index (χ2v) is 5.48. The third kappa shape index (κ3) is 3.74. The standard InChI is InChI=1S/C19H17N3O3/c1-12-9-17(16-10-15(25-2)7-8-18(16)21-12)19(24)22-20-11-13-3-5-14(23)6-4-13/h3-11,23H,1-2H3,(H,22,24). The van der Waals surface area contributed by atoms with E-state index in [0.29, 0.717) is 22.2 Å². The number of ether oxygens (including phenoxy) is 1. The number of benzene rings is 2. The average molecular weight is 335 g/mol. The van der Waals surface area contributed by atoms with E-state index in [1.807, 2.05) is 13.0 Å². The summed E-state index contributed by atoms with van der Waals surface area (Å²) in [5, 5.41) is 13.9. The van der Waals surface area contributed by atoms with Crippen LogP contribution in [-0.4, -0.2) is 29.3 Å². The van der Waals surface area contributed by atoms with Crippen molar-refractivity contribution in [2.45, 2.75) is 6.92 Å². The average Bonchev–Trinajstić information content (AvgIpc) is 2.62. The van der Waals surface area contributed by atoms with Crippen LogP contribution in [0.15, 0.2) is 53.6 Å². The first kappa shape index (κ1) is 16.4. The number of hydrazone groups is 1. The number of carbonyl (C=O) groups excluding carboxylic acids is 1. The van der Waals surface area contributed by atoms with Gasteiger partial charge >= 0.3 is 0 Å². The molecule has 0 radical (unpaired) electrons. The Kier molecular flexibility index (Phi) is 4.61. The van der Waals surface area contributed by atoms with Gasteiger partial charge in [0.2, 0.25) is 0 Å². The highest BCUT2D eigenvalue weighted by molar-refractivity contribution is 6.06. The molecule has 0 bridgehead atoms. The molecule has 3 rings (SSSR count). The van der Waals surface area contributed by atoms with Crippen LogP contribution >= 0.6 is 0 Å². The van der Waals surface area contributed by atoms with E-state index in [4.69, 9.17) is 4.74 Å². The minimum atomic E-state index is -0.334. The Morgan fingerprint density at radius 3 is 2.68 bits per heavy atom. The van der Waals surface area contributed by atoms with Crippen LogP contribution in [0.25, 0.3) is 10.9 Å². The first-order chi connectivity index (χ1) is 12.1. The number of rotatable bonds is 4. The van der Waals surface area contributed by atoms with Crippen LogP contribution in [0.2, 0.25) is 0 Å². The van der Waals surface area contributed by atoms with E-state index in [0.717, 1.165) is 11.3 Å². The molecular weight excluding hydrogens is 318 g/mol. The molecule has 0 atom stereocenters. The van der Waals surface area contributed by atoms with Gasteiger partial charge in [0, 0.05) is 11.1 Å². The van der Waals surface area contributed by atoms with Gasteiger partial charge in [-0.15, -0.1) is 0 Å². The molecule has 126 valence electrons. The summed E-state index contributed by atoms with van der Waals surface area (Å²) in [6, 6.07) is 13.6. The van der Waals surface area contributed by atoms with Gasteiger partial charge in [0.15, 0.2) is 0 Å². The van der Waals surface area contributed by atoms with E-state index in [-0.39, 0.29) is 11.7 Å². The second kappa shape index (κ2) is 7.00. The maximum absolute atomic E-state index is 12.5. The van der Waals surface area contributed by atoms with Crippen LogP contribution in [0, 0.1) is 6.92 Å². The third-order valence-corrected chi connectivity index (χ3v) is 3.66. The van der Waals surface area contributed by atoms with Crippen molar-refractivity contribution in [1.82, 2.24) is 10.4 Å². The Morgan fingerprint density at radius 1 is 1.20 bits per heavy atom. The first-order valence-electron chi connectivity index (χ1n) is 7.64. The number of methoxy groups -OCH3 is 1. The van der Waals surface area contributed by atoms with Gasteiger partial charge in [0.05, 0.1) is 24.4 Å². The number of hydrogen-bond donors (Lipinski definition) is 2. The van der Waals surface area contributed by atoms with Gasteiger partial charge in [0.1, 0.15) is 11.5 Å². The van der Waals surface area contributed by atoms with Crippen molar-refractivity contribution in [3.63, 3.8) is 0 Å². The van der Waals surface area contributed by atoms with Crippen molar-refractivity contribution < 1.29 is 14.6 Å². The Labute approximate surface area is 144 Å². The number of aromatic hydroxyl groups is 1. The number of carbonyl (C=O) groups is 1. The maximum Gasteiger partial charge on any atom is 0.272 e. The predicted octanol–water partition coefficient (Wildman–Crippen LogP) is 3.02. The van der Waals surface area contributed by atoms with Gasteiger partial charge in [-0.25, -0.2) is 5.43 Å². The lowest BCUT2D eigenvalue weighted by Crippen LogP contribution is -2.18. The van der Waals surface area contributed by atoms with E-state index in [9.17, 15) is 9.90 Å². The summed E-state index contributed by atoms with van der Waals surface area (Å²) in [6.45, 7) is 1.83. The zero-order valence-corrected chi connectivity index (χ0v) is 13.9. The SMILES string of the molecule is COc1ccc2nc(C)cc(C(=O)NN=Cc3ccc(O)cc3)c2c1. The second-order valence-electron chi connectivity index (χ2n) is 5.48. The topological polar surface area (TPSA) is 83.8 Å². The van der Waals surface area contributed by atoms with Crippen LogP contribution in [0.4, 0.5) is 0 Å². The molecule has 1 heterocycles. The normalized spacial score (nSPS) is 11.0. The first-order valence-corrected chi connectivity index (χ1v) is 7.64. The summed E-state index contributed by atoms with van der Waals surface area (Å²) in [5.74, 6) is 0.493. The fraction of sp³-hybridized carbons (Fsp3) is 0.105. The lowest BCUT2D eigenvalue weighted by molar-refractivity contribution is 0.0956. The molecule has 0 spiro atoms. The number of pyridine rings is 1. The number of nitrogens with one attached hydrogen (secondary N) is 1. The maximum atomic E-state index is 12.5. The van der Waals surface area contributed by atoms with Crippen LogP contribution in [-0.2, 0) is 0 Å². The van der Waals surface area contributed by atoms with E-state index in [2.05, 4.69) is 15.5 Å². The van der Waals surface area contributed by atoms with Crippen LogP contribution in [0.1, 0.15) is 21.6 Å². The van der Waals surface area contributed by atoms with E-state index >= 15 is 0 Å². The zero-order chi connectivity index (χ0) is 17.8. The summed E-state index contributed by atoms with van der Waals surface area (Å²) in [5.41, 5.74) is 5.21. The Morgan fingerprint density at radius 2 is 1.96 bits per heavy atom. The largest absolute Gasteiger partial charge is 0.508 e. The number of aromatic nitrogens is 1. The molecule has 1 amide bonds. The minimum Gasteiger partial charge on any atom is -0.508 e. The summed E-state index contributed by atoms with van der Waals surface area (Å²) in [6.07, 6.45) is 1.51. The Hall–Kier alpha value is -3.41. The molecule has 2 N–H and O–H groups in total. The summed E-state index contributed by atoms with van der Waals surface area (Å²) < 4.78 is 5.23. The van der Waals surface area contributed by atoms with Gasteiger partial charge < -0.3 is 9.84 Å². The molecule has 3 aromatic rings. The molecule has 0 fully saturated rings. The molecule has 25 heavy (non-hydrogen) atoms. The van der Waals surface area contributed by atoms with Crippen molar-refractivity contribution in [3.05, 3.63) is 65.4 Å². The molecule has 6 nitrogen and oxygen atoms in total. The van der Waals surface area contributed by atoms with E-state index < -0.39 is 0 Å². The zero-order valence-electron chi connectivity index (χ0n) is 13.9. The fourth-order valence-electron chi connectivity index (χ4n) is 2.44. The van der Waals surface area contributed by atoms with E-state index in [1.165, 1.54) is 6.21 Å². The number of nitrogens with zero attached hydrogens (tertiary/aromatic N) is 2. The highest BCUT2D eigenvalue weighted by atomic mass is 16.5. The number of aryl methyl sites for hydroxylation is 1. The van der Waals surface area contributed by atoms with Gasteiger partial charge in [-0.3, -0.25) is 9.78 Å². The van der Waals surface area contributed by atoms with Crippen LogP contribution < -0.4 is 10.2 Å². The highest BCUT2D eigenvalue weighted by Crippen LogP contribution is 2.23. The van der Waals surface area contributed by atoms with Crippen molar-refractivity contribution in [3.8, 4) is 11.5 Å². The molecule has 0 aliphatic carbocycles. The molecule has 0 aliphatic rings. The van der Waals surface area contributed by atoms with Gasteiger partial charge in [0.25, 0.3) is 5.91 Å². The number of hydrogen-bond acceptors (Lipinski definition) is 5. The van der Waals surface area contributed by atoms with Gasteiger partial charge in [-0.1, -0.05) is 0 Å². The van der Waals surface area contributed by atoms with Gasteiger partial charge in [-0.05, 0) is 61.0 Å². The third-order valence-electron chi connectivity index (χ3n) is 3.66. The van der Waals surface area contributed by atoms with Crippen molar-refractivity contribution in [1.29, 1.82) is 0 Å². The molecule has 0 saturated carbocycles. The van der Waals surface area contributed by atoms with Crippen LogP contribution in [0.3, 0.4) is 0 Å².